The number of aliphatic imine (C=N–C) groups is 1. The van der Waals surface area contributed by atoms with Crippen molar-refractivity contribution in [3.05, 3.63) is 90.7 Å². The number of hydrogen-bond donors (Lipinski definition) is 2. The zero-order valence-corrected chi connectivity index (χ0v) is 19.2. The Balaban J connectivity index is 1.75. The van der Waals surface area contributed by atoms with Crippen molar-refractivity contribution in [2.24, 2.45) is 4.99 Å². The first-order valence-electron chi connectivity index (χ1n) is 11.0. The molecule has 0 saturated heterocycles. The molecule has 3 heterocycles. The summed E-state index contributed by atoms with van der Waals surface area (Å²) in [4.78, 5) is 34.8. The number of fused-ring (bicyclic) bond motifs is 3. The number of rotatable bonds is 3. The SMILES string of the molecule is C=CC(=O)NC1=CN2C[C@H](C=C2C(=O)NC)Oc2nccc3ccc(cc23)C=CC=CCOC=N1. The second-order valence-electron chi connectivity index (χ2n) is 7.60. The van der Waals surface area contributed by atoms with Crippen LogP contribution in [0.25, 0.3) is 16.8 Å². The molecule has 2 aromatic rings. The van der Waals surface area contributed by atoms with Crippen LogP contribution in [0, 0.1) is 0 Å². The second kappa shape index (κ2) is 11.0. The van der Waals surface area contributed by atoms with E-state index < -0.39 is 12.0 Å². The van der Waals surface area contributed by atoms with Crippen LogP contribution in [0.2, 0.25) is 0 Å². The predicted molar refractivity (Wildman–Crippen MR) is 134 cm³/mol. The average molecular weight is 472 g/mol. The Morgan fingerprint density at radius 1 is 1.26 bits per heavy atom. The largest absolute Gasteiger partial charge is 0.479 e. The fourth-order valence-corrected chi connectivity index (χ4v) is 3.56. The summed E-state index contributed by atoms with van der Waals surface area (Å²) in [7, 11) is 1.54. The molecule has 1 aromatic carbocycles. The topological polar surface area (TPSA) is 105 Å². The standard InChI is InChI=1S/C26H25N5O4/c1-3-24(32)30-23-16-31-15-20(14-22(31)25(33)27-2)35-26-21-13-18(8-9-19(21)10-11-28-26)7-5-4-6-12-34-17-29-23/h3-11,13-14,16-17,20H,1,12,15H2,2H3,(H,27,33)(H,30,32)/t20-/m0/s1. The van der Waals surface area contributed by atoms with E-state index in [4.69, 9.17) is 9.47 Å². The Morgan fingerprint density at radius 3 is 2.97 bits per heavy atom. The molecule has 0 unspecified atom stereocenters. The molecule has 1 atom stereocenters. The summed E-state index contributed by atoms with van der Waals surface area (Å²) < 4.78 is 11.6. The minimum Gasteiger partial charge on any atom is -0.479 e. The van der Waals surface area contributed by atoms with Crippen molar-refractivity contribution in [1.82, 2.24) is 20.5 Å². The number of likely N-dealkylation sites (N-methyl/N-ethyl adjacent to an activating group) is 1. The van der Waals surface area contributed by atoms with Gasteiger partial charge in [-0.1, -0.05) is 36.9 Å². The molecular formula is C26H25N5O4. The van der Waals surface area contributed by atoms with Crippen LogP contribution in [0.5, 0.6) is 5.88 Å². The first kappa shape index (κ1) is 23.5. The van der Waals surface area contributed by atoms with Gasteiger partial charge in [-0.15, -0.1) is 0 Å². The van der Waals surface area contributed by atoms with Crippen LogP contribution in [-0.2, 0) is 14.3 Å². The summed E-state index contributed by atoms with van der Waals surface area (Å²) in [6.45, 7) is 4.05. The zero-order valence-electron chi connectivity index (χ0n) is 19.2. The van der Waals surface area contributed by atoms with Gasteiger partial charge < -0.3 is 25.0 Å². The van der Waals surface area contributed by atoms with Crippen molar-refractivity contribution in [2.75, 3.05) is 20.2 Å². The number of allylic oxidation sites excluding steroid dienone is 2. The smallest absolute Gasteiger partial charge is 0.267 e. The van der Waals surface area contributed by atoms with Crippen LogP contribution in [0.1, 0.15) is 5.56 Å². The van der Waals surface area contributed by atoms with E-state index in [9.17, 15) is 9.59 Å². The van der Waals surface area contributed by atoms with E-state index in [-0.39, 0.29) is 18.3 Å². The Hall–Kier alpha value is -4.66. The fourth-order valence-electron chi connectivity index (χ4n) is 3.56. The highest BCUT2D eigenvalue weighted by Gasteiger charge is 2.29. The van der Waals surface area contributed by atoms with Crippen LogP contribution >= 0.6 is 0 Å². The van der Waals surface area contributed by atoms with Gasteiger partial charge in [0.2, 0.25) is 11.8 Å². The van der Waals surface area contributed by atoms with E-state index in [0.29, 0.717) is 18.1 Å². The molecule has 2 aliphatic rings. The summed E-state index contributed by atoms with van der Waals surface area (Å²) >= 11 is 0. The summed E-state index contributed by atoms with van der Waals surface area (Å²) in [6, 6.07) is 7.95. The Bertz CT molecular complexity index is 1290. The van der Waals surface area contributed by atoms with Crippen LogP contribution in [0.4, 0.5) is 0 Å². The minimum absolute atomic E-state index is 0.170. The third kappa shape index (κ3) is 5.83. The number of amides is 2. The molecule has 35 heavy (non-hydrogen) atoms. The van der Waals surface area contributed by atoms with Crippen LogP contribution in [-0.4, -0.2) is 54.4 Å². The minimum atomic E-state index is -0.478. The van der Waals surface area contributed by atoms with E-state index in [1.54, 1.807) is 30.4 Å². The van der Waals surface area contributed by atoms with E-state index in [0.717, 1.165) is 22.4 Å². The molecule has 0 radical (unpaired) electrons. The van der Waals surface area contributed by atoms with Crippen LogP contribution in [0.15, 0.2) is 90.1 Å². The van der Waals surface area contributed by atoms with Gasteiger partial charge in [-0.25, -0.2) is 9.98 Å². The normalized spacial score (nSPS) is 17.5. The maximum Gasteiger partial charge on any atom is 0.267 e. The molecular weight excluding hydrogens is 446 g/mol. The maximum absolute atomic E-state index is 12.6. The van der Waals surface area contributed by atoms with E-state index in [2.05, 4.69) is 27.2 Å². The number of pyridine rings is 1. The van der Waals surface area contributed by atoms with E-state index >= 15 is 0 Å². The lowest BCUT2D eigenvalue weighted by atomic mass is 10.1. The summed E-state index contributed by atoms with van der Waals surface area (Å²) in [5.41, 5.74) is 1.34. The van der Waals surface area contributed by atoms with Crippen molar-refractivity contribution in [1.29, 1.82) is 0 Å². The third-order valence-corrected chi connectivity index (χ3v) is 5.22. The molecule has 9 nitrogen and oxygen atoms in total. The molecule has 2 N–H and O–H groups in total. The summed E-state index contributed by atoms with van der Waals surface area (Å²) in [5.74, 6) is -0.127. The molecule has 4 bridgehead atoms. The molecule has 1 aromatic heterocycles. The number of hydrogen-bond acceptors (Lipinski definition) is 7. The van der Waals surface area contributed by atoms with Gasteiger partial charge in [-0.3, -0.25) is 9.59 Å². The van der Waals surface area contributed by atoms with Crippen molar-refractivity contribution >= 4 is 35.1 Å². The highest BCUT2D eigenvalue weighted by atomic mass is 16.5. The van der Waals surface area contributed by atoms with Crippen molar-refractivity contribution in [3.63, 3.8) is 0 Å². The molecule has 0 fully saturated rings. The van der Waals surface area contributed by atoms with Gasteiger partial charge >= 0.3 is 0 Å². The Labute approximate surface area is 202 Å². The number of carbonyl (C=O) groups is 2. The number of nitrogens with one attached hydrogen (secondary N) is 2. The molecule has 9 heteroatoms. The van der Waals surface area contributed by atoms with Gasteiger partial charge in [0.05, 0.1) is 6.54 Å². The first-order valence-corrected chi connectivity index (χ1v) is 11.0. The van der Waals surface area contributed by atoms with Gasteiger partial charge in [0, 0.05) is 24.8 Å². The van der Waals surface area contributed by atoms with Crippen molar-refractivity contribution < 1.29 is 19.1 Å². The molecule has 0 saturated carbocycles. The van der Waals surface area contributed by atoms with E-state index in [1.165, 1.54) is 6.40 Å². The number of carbonyl (C=O) groups excluding carboxylic acids is 2. The highest BCUT2D eigenvalue weighted by molar-refractivity contribution is 5.93. The first-order chi connectivity index (χ1) is 17.1. The van der Waals surface area contributed by atoms with Crippen LogP contribution < -0.4 is 15.4 Å². The zero-order chi connectivity index (χ0) is 24.6. The van der Waals surface area contributed by atoms with Gasteiger partial charge in [0.1, 0.15) is 18.4 Å². The quantitative estimate of drug-likeness (QED) is 0.667. The molecule has 0 spiro atoms. The second-order valence-corrected chi connectivity index (χ2v) is 7.60. The van der Waals surface area contributed by atoms with Gasteiger partial charge in [-0.2, -0.15) is 0 Å². The third-order valence-electron chi connectivity index (χ3n) is 5.22. The monoisotopic (exact) mass is 471 g/mol. The number of nitrogens with zero attached hydrogens (tertiary/aromatic N) is 3. The lowest BCUT2D eigenvalue weighted by molar-refractivity contribution is -0.118. The summed E-state index contributed by atoms with van der Waals surface area (Å²) in [5, 5.41) is 7.08. The Morgan fingerprint density at radius 2 is 2.14 bits per heavy atom. The predicted octanol–water partition coefficient (Wildman–Crippen LogP) is 2.66. The molecule has 178 valence electrons. The molecule has 0 aliphatic carbocycles. The van der Waals surface area contributed by atoms with Crippen molar-refractivity contribution in [3.8, 4) is 5.88 Å². The Kier molecular flexibility index (Phi) is 7.37. The lowest BCUT2D eigenvalue weighted by Gasteiger charge is -2.19. The molecule has 2 amide bonds. The molecule has 4 rings (SSSR count). The number of benzene rings is 1. The van der Waals surface area contributed by atoms with Crippen molar-refractivity contribution in [2.45, 2.75) is 6.10 Å². The number of ether oxygens (including phenoxy) is 2. The lowest BCUT2D eigenvalue weighted by Crippen LogP contribution is -2.31. The van der Waals surface area contributed by atoms with Gasteiger partial charge in [0.25, 0.3) is 5.91 Å². The van der Waals surface area contributed by atoms with Crippen LogP contribution in [0.3, 0.4) is 0 Å². The highest BCUT2D eigenvalue weighted by Crippen LogP contribution is 2.28. The fraction of sp³-hybridized carbons (Fsp3) is 0.154. The maximum atomic E-state index is 12.6. The average Bonchev–Trinajstić information content (AvgIpc) is 3.26. The molecule has 2 aliphatic heterocycles. The van der Waals surface area contributed by atoms with Gasteiger partial charge in [-0.05, 0) is 41.3 Å². The summed E-state index contributed by atoms with van der Waals surface area (Å²) in [6.07, 6.45) is 14.4. The number of aromatic nitrogens is 1. The van der Waals surface area contributed by atoms with E-state index in [1.807, 2.05) is 48.6 Å². The van der Waals surface area contributed by atoms with Gasteiger partial charge in [0.15, 0.2) is 12.2 Å².